The molecule has 1 N–H and O–H groups in total. The Labute approximate surface area is 150 Å². The van der Waals surface area contributed by atoms with E-state index in [2.05, 4.69) is 4.57 Å². The highest BCUT2D eigenvalue weighted by Crippen LogP contribution is 2.35. The zero-order valence-electron chi connectivity index (χ0n) is 14.1. The molecule has 0 unspecified atom stereocenters. The highest BCUT2D eigenvalue weighted by molar-refractivity contribution is 7.13. The number of ether oxygens (including phenoxy) is 2. The number of carbonyl (C=O) groups is 1. The molecule has 0 aliphatic carbocycles. The van der Waals surface area contributed by atoms with Gasteiger partial charge in [-0.05, 0) is 42.1 Å². The molecule has 0 fully saturated rings. The van der Waals surface area contributed by atoms with E-state index in [0.717, 1.165) is 22.0 Å². The van der Waals surface area contributed by atoms with Crippen molar-refractivity contribution >= 4 is 17.3 Å². The Balaban J connectivity index is 2.15. The number of carboxylic acids is 1. The molecule has 3 aromatic rings. The first kappa shape index (κ1) is 17.1. The van der Waals surface area contributed by atoms with Crippen LogP contribution in [0.25, 0.3) is 16.3 Å². The topological polar surface area (TPSA) is 60.7 Å². The molecule has 5 nitrogen and oxygen atoms in total. The predicted octanol–water partition coefficient (Wildman–Crippen LogP) is 4.24. The van der Waals surface area contributed by atoms with Crippen LogP contribution < -0.4 is 9.47 Å². The van der Waals surface area contributed by atoms with Gasteiger partial charge < -0.3 is 19.1 Å². The third-order valence-electron chi connectivity index (χ3n) is 3.96. The molecule has 0 spiro atoms. The molecule has 0 aliphatic rings. The van der Waals surface area contributed by atoms with Crippen molar-refractivity contribution in [1.29, 1.82) is 0 Å². The zero-order valence-corrected chi connectivity index (χ0v) is 14.9. The zero-order chi connectivity index (χ0) is 17.8. The summed E-state index contributed by atoms with van der Waals surface area (Å²) in [6.07, 6.45) is 0.516. The predicted molar refractivity (Wildman–Crippen MR) is 98.1 cm³/mol. The van der Waals surface area contributed by atoms with E-state index in [4.69, 9.17) is 14.6 Å². The molecule has 130 valence electrons. The highest BCUT2D eigenvalue weighted by atomic mass is 32.1. The third kappa shape index (κ3) is 3.53. The lowest BCUT2D eigenvalue weighted by molar-refractivity contribution is -0.136. The Morgan fingerprint density at radius 2 is 2.00 bits per heavy atom. The maximum Gasteiger partial charge on any atom is 0.303 e. The maximum atomic E-state index is 11.0. The Hall–Kier alpha value is -2.73. The number of nitrogens with zero attached hydrogens (tertiary/aromatic N) is 1. The maximum absolute atomic E-state index is 11.0. The fourth-order valence-electron chi connectivity index (χ4n) is 2.78. The molecule has 0 radical (unpaired) electrons. The van der Waals surface area contributed by atoms with Gasteiger partial charge in [-0.1, -0.05) is 6.07 Å². The van der Waals surface area contributed by atoms with Gasteiger partial charge >= 0.3 is 5.97 Å². The fraction of sp³-hybridized carbons (Fsp3) is 0.211. The monoisotopic (exact) mass is 357 g/mol. The van der Waals surface area contributed by atoms with Crippen molar-refractivity contribution in [1.82, 2.24) is 4.57 Å². The molecule has 0 aliphatic heterocycles. The first-order chi connectivity index (χ1) is 12.1. The Morgan fingerprint density at radius 3 is 2.64 bits per heavy atom. The summed E-state index contributed by atoms with van der Waals surface area (Å²) in [7, 11) is 3.23. The third-order valence-corrected chi connectivity index (χ3v) is 4.85. The minimum atomic E-state index is -0.813. The van der Waals surface area contributed by atoms with Gasteiger partial charge in [-0.3, -0.25) is 4.79 Å². The standard InChI is InChI=1S/C19H19NO4S/c1-23-14-7-9-15(17(12-14)24-2)20-13(6-10-19(21)22)5-8-16(20)18-4-3-11-25-18/h3-5,7-9,11-12H,6,10H2,1-2H3,(H,21,22). The molecular formula is C19H19NO4S. The molecule has 0 atom stereocenters. The molecule has 25 heavy (non-hydrogen) atoms. The van der Waals surface area contributed by atoms with Crippen molar-refractivity contribution in [3.63, 3.8) is 0 Å². The second-order valence-electron chi connectivity index (χ2n) is 5.45. The van der Waals surface area contributed by atoms with Crippen LogP contribution in [-0.4, -0.2) is 29.9 Å². The van der Waals surface area contributed by atoms with Gasteiger partial charge in [-0.25, -0.2) is 0 Å². The molecule has 2 aromatic heterocycles. The van der Waals surface area contributed by atoms with E-state index in [1.165, 1.54) is 0 Å². The summed E-state index contributed by atoms with van der Waals surface area (Å²) in [6.45, 7) is 0. The Kier molecular flexibility index (Phi) is 5.09. The van der Waals surface area contributed by atoms with Crippen molar-refractivity contribution < 1.29 is 19.4 Å². The summed E-state index contributed by atoms with van der Waals surface area (Å²) < 4.78 is 12.9. The number of benzene rings is 1. The lowest BCUT2D eigenvalue weighted by Gasteiger charge is -2.17. The number of rotatable bonds is 7. The normalized spacial score (nSPS) is 10.6. The number of thiophene rings is 1. The van der Waals surface area contributed by atoms with Crippen LogP contribution in [0.2, 0.25) is 0 Å². The van der Waals surface area contributed by atoms with Crippen LogP contribution >= 0.6 is 11.3 Å². The van der Waals surface area contributed by atoms with Crippen LogP contribution in [0.4, 0.5) is 0 Å². The fourth-order valence-corrected chi connectivity index (χ4v) is 3.52. The molecule has 6 heteroatoms. The summed E-state index contributed by atoms with van der Waals surface area (Å²) in [4.78, 5) is 12.1. The van der Waals surface area contributed by atoms with Gasteiger partial charge in [0.2, 0.25) is 0 Å². The lowest BCUT2D eigenvalue weighted by Crippen LogP contribution is -2.06. The van der Waals surface area contributed by atoms with Crippen molar-refractivity contribution in [3.05, 3.63) is 53.5 Å². The number of aryl methyl sites for hydroxylation is 1. The van der Waals surface area contributed by atoms with Crippen molar-refractivity contribution in [2.45, 2.75) is 12.8 Å². The van der Waals surface area contributed by atoms with E-state index in [-0.39, 0.29) is 6.42 Å². The number of aromatic nitrogens is 1. The van der Waals surface area contributed by atoms with Crippen LogP contribution in [-0.2, 0) is 11.2 Å². The van der Waals surface area contributed by atoms with Crippen LogP contribution in [0.5, 0.6) is 11.5 Å². The van der Waals surface area contributed by atoms with Crippen LogP contribution in [0.15, 0.2) is 47.8 Å². The highest BCUT2D eigenvalue weighted by Gasteiger charge is 2.17. The number of hydrogen-bond acceptors (Lipinski definition) is 4. The second-order valence-corrected chi connectivity index (χ2v) is 6.40. The largest absolute Gasteiger partial charge is 0.497 e. The summed E-state index contributed by atoms with van der Waals surface area (Å²) in [5.41, 5.74) is 2.80. The van der Waals surface area contributed by atoms with E-state index < -0.39 is 5.97 Å². The van der Waals surface area contributed by atoms with Crippen molar-refractivity contribution in [2.75, 3.05) is 14.2 Å². The second kappa shape index (κ2) is 7.44. The minimum Gasteiger partial charge on any atom is -0.497 e. The van der Waals surface area contributed by atoms with Crippen LogP contribution in [0, 0.1) is 0 Å². The molecular weight excluding hydrogens is 338 g/mol. The lowest BCUT2D eigenvalue weighted by atomic mass is 10.2. The quantitative estimate of drug-likeness (QED) is 0.687. The smallest absolute Gasteiger partial charge is 0.303 e. The summed E-state index contributed by atoms with van der Waals surface area (Å²) in [6, 6.07) is 13.7. The summed E-state index contributed by atoms with van der Waals surface area (Å²) in [5.74, 6) is 0.564. The first-order valence-corrected chi connectivity index (χ1v) is 8.70. The van der Waals surface area contributed by atoms with E-state index in [9.17, 15) is 4.79 Å². The van der Waals surface area contributed by atoms with Gasteiger partial charge in [-0.2, -0.15) is 0 Å². The molecule has 0 saturated carbocycles. The van der Waals surface area contributed by atoms with E-state index in [0.29, 0.717) is 17.9 Å². The molecule has 3 rings (SSSR count). The van der Waals surface area contributed by atoms with E-state index >= 15 is 0 Å². The number of aliphatic carboxylic acids is 1. The van der Waals surface area contributed by atoms with Crippen molar-refractivity contribution in [3.8, 4) is 27.8 Å². The van der Waals surface area contributed by atoms with Gasteiger partial charge in [-0.15, -0.1) is 11.3 Å². The van der Waals surface area contributed by atoms with Crippen LogP contribution in [0.3, 0.4) is 0 Å². The van der Waals surface area contributed by atoms with E-state index in [1.807, 2.05) is 47.8 Å². The average Bonchev–Trinajstić information content (AvgIpc) is 3.28. The molecule has 0 saturated heterocycles. The van der Waals surface area contributed by atoms with Gasteiger partial charge in [0, 0.05) is 11.8 Å². The Bertz CT molecular complexity index is 868. The SMILES string of the molecule is COc1ccc(-n2c(CCC(=O)O)ccc2-c2cccs2)c(OC)c1. The van der Waals surface area contributed by atoms with Gasteiger partial charge in [0.05, 0.1) is 36.9 Å². The number of hydrogen-bond donors (Lipinski definition) is 1. The first-order valence-electron chi connectivity index (χ1n) is 7.82. The van der Waals surface area contributed by atoms with E-state index in [1.54, 1.807) is 25.6 Å². The molecule has 1 aromatic carbocycles. The molecule has 0 amide bonds. The van der Waals surface area contributed by atoms with Gasteiger partial charge in [0.25, 0.3) is 0 Å². The molecule has 2 heterocycles. The van der Waals surface area contributed by atoms with Crippen LogP contribution in [0.1, 0.15) is 12.1 Å². The number of carboxylic acid groups (broad SMARTS) is 1. The Morgan fingerprint density at radius 1 is 1.16 bits per heavy atom. The summed E-state index contributed by atoms with van der Waals surface area (Å²) in [5, 5.41) is 11.1. The number of methoxy groups -OCH3 is 2. The van der Waals surface area contributed by atoms with Gasteiger partial charge in [0.1, 0.15) is 11.5 Å². The average molecular weight is 357 g/mol. The minimum absolute atomic E-state index is 0.0758. The summed E-state index contributed by atoms with van der Waals surface area (Å²) >= 11 is 1.64. The van der Waals surface area contributed by atoms with Crippen molar-refractivity contribution in [2.24, 2.45) is 0 Å². The molecule has 0 bridgehead atoms. The van der Waals surface area contributed by atoms with Gasteiger partial charge in [0.15, 0.2) is 0 Å².